The highest BCUT2D eigenvalue weighted by Crippen LogP contribution is 2.10. The Balaban J connectivity index is 0. The Morgan fingerprint density at radius 3 is 2.18 bits per heavy atom. The largest absolute Gasteiger partial charge is 0.396 e. The molecule has 0 radical (unpaired) electrons. The Kier molecular flexibility index (Phi) is 16.3. The first-order valence-electron chi connectivity index (χ1n) is 3.32. The second-order valence-electron chi connectivity index (χ2n) is 1.75. The van der Waals surface area contributed by atoms with Gasteiger partial charge in [0.25, 0.3) is 0 Å². The minimum atomic E-state index is -2.25. The molecule has 3 nitrogen and oxygen atoms in total. The van der Waals surface area contributed by atoms with E-state index in [-0.39, 0.29) is 6.16 Å². The van der Waals surface area contributed by atoms with Crippen molar-refractivity contribution in [3.63, 3.8) is 0 Å². The van der Waals surface area contributed by atoms with E-state index in [4.69, 9.17) is 10.00 Å². The summed E-state index contributed by atoms with van der Waals surface area (Å²) in [6.45, 7) is 3.59. The van der Waals surface area contributed by atoms with Gasteiger partial charge in [-0.15, -0.1) is 15.8 Å². The Bertz CT molecular complexity index is 104. The van der Waals surface area contributed by atoms with Crippen molar-refractivity contribution >= 4 is 17.3 Å². The summed E-state index contributed by atoms with van der Waals surface area (Å²) in [5, 5.41) is 8.05. The lowest BCUT2D eigenvalue weighted by molar-refractivity contribution is 0.296. The monoisotopic (exact) mass is 198 g/mol. The van der Waals surface area contributed by atoms with Crippen LogP contribution in [0.1, 0.15) is 6.42 Å². The quantitative estimate of drug-likeness (QED) is 0.520. The van der Waals surface area contributed by atoms with Crippen LogP contribution in [0.4, 0.5) is 0 Å². The van der Waals surface area contributed by atoms with E-state index in [1.807, 2.05) is 0 Å². The van der Waals surface area contributed by atoms with E-state index in [0.717, 1.165) is 12.6 Å². The lowest BCUT2D eigenvalue weighted by Crippen LogP contribution is -1.78. The molecule has 0 aliphatic rings. The number of aliphatic hydroxyl groups is 1. The predicted molar refractivity (Wildman–Crippen MR) is 52.6 cm³/mol. The van der Waals surface area contributed by atoms with Crippen LogP contribution in [0.2, 0.25) is 0 Å². The second kappa shape index (κ2) is 12.9. The zero-order chi connectivity index (χ0) is 9.11. The molecular formula is C6H16O3P2. The Hall–Kier alpha value is 0.320. The first-order valence-corrected chi connectivity index (χ1v) is 5.70. The van der Waals surface area contributed by atoms with Crippen LogP contribution in [0.25, 0.3) is 0 Å². The van der Waals surface area contributed by atoms with Gasteiger partial charge in [0.05, 0.1) is 0 Å². The molecule has 0 aliphatic heterocycles. The highest BCUT2D eigenvalue weighted by atomic mass is 31.1. The molecule has 0 rings (SSSR count). The van der Waals surface area contributed by atoms with Crippen molar-refractivity contribution in [2.24, 2.45) is 0 Å². The molecule has 0 aromatic heterocycles. The Morgan fingerprint density at radius 1 is 1.64 bits per heavy atom. The van der Waals surface area contributed by atoms with Crippen molar-refractivity contribution in [1.82, 2.24) is 0 Å². The van der Waals surface area contributed by atoms with Crippen molar-refractivity contribution in [3.8, 4) is 0 Å². The summed E-state index contributed by atoms with van der Waals surface area (Å²) in [6, 6.07) is 0. The molecule has 2 N–H and O–H groups in total. The van der Waals surface area contributed by atoms with Crippen LogP contribution in [-0.2, 0) is 4.57 Å². The maximum atomic E-state index is 9.71. The first kappa shape index (κ1) is 13.9. The molecule has 0 saturated carbocycles. The van der Waals surface area contributed by atoms with Crippen molar-refractivity contribution in [2.75, 3.05) is 18.9 Å². The van der Waals surface area contributed by atoms with Crippen LogP contribution in [0.3, 0.4) is 0 Å². The van der Waals surface area contributed by atoms with Crippen LogP contribution in [0, 0.1) is 0 Å². The Morgan fingerprint density at radius 2 is 2.18 bits per heavy atom. The van der Waals surface area contributed by atoms with Crippen LogP contribution in [-0.4, -0.2) is 28.9 Å². The second-order valence-corrected chi connectivity index (χ2v) is 3.53. The van der Waals surface area contributed by atoms with Gasteiger partial charge in [0.15, 0.2) is 8.03 Å². The van der Waals surface area contributed by atoms with Gasteiger partial charge in [-0.3, -0.25) is 4.57 Å². The SMILES string of the molecule is C=CC[PH](=O)O.OCCCP. The van der Waals surface area contributed by atoms with Gasteiger partial charge in [-0.2, -0.15) is 0 Å². The molecule has 2 unspecified atom stereocenters. The summed E-state index contributed by atoms with van der Waals surface area (Å²) >= 11 is 0. The molecule has 5 heteroatoms. The van der Waals surface area contributed by atoms with Crippen molar-refractivity contribution < 1.29 is 14.6 Å². The van der Waals surface area contributed by atoms with E-state index in [1.165, 1.54) is 6.08 Å². The number of hydrogen-bond donors (Lipinski definition) is 2. The maximum absolute atomic E-state index is 9.71. The lowest BCUT2D eigenvalue weighted by Gasteiger charge is -1.79. The molecule has 0 amide bonds. The van der Waals surface area contributed by atoms with Gasteiger partial charge in [-0.05, 0) is 12.6 Å². The molecule has 0 saturated heterocycles. The zero-order valence-electron chi connectivity index (χ0n) is 6.49. The Labute approximate surface area is 70.6 Å². The van der Waals surface area contributed by atoms with E-state index in [2.05, 4.69) is 15.8 Å². The number of aliphatic hydroxyl groups excluding tert-OH is 1. The highest BCUT2D eigenvalue weighted by molar-refractivity contribution is 7.38. The molecule has 11 heavy (non-hydrogen) atoms. The summed E-state index contributed by atoms with van der Waals surface area (Å²) in [7, 11) is 0.286. The average Bonchev–Trinajstić information content (AvgIpc) is 1.90. The van der Waals surface area contributed by atoms with Crippen molar-refractivity contribution in [3.05, 3.63) is 12.7 Å². The molecule has 0 heterocycles. The summed E-state index contributed by atoms with van der Waals surface area (Å²) < 4.78 is 9.71. The van der Waals surface area contributed by atoms with Gasteiger partial charge in [-0.1, -0.05) is 6.08 Å². The van der Waals surface area contributed by atoms with E-state index in [0.29, 0.717) is 6.61 Å². The van der Waals surface area contributed by atoms with Gasteiger partial charge in [0.1, 0.15) is 0 Å². The number of rotatable bonds is 4. The lowest BCUT2D eigenvalue weighted by atomic mass is 10.5. The molecule has 0 aromatic rings. The highest BCUT2D eigenvalue weighted by Gasteiger charge is 1.79. The average molecular weight is 198 g/mol. The fourth-order valence-corrected chi connectivity index (χ4v) is 0.644. The van der Waals surface area contributed by atoms with Gasteiger partial charge in [0, 0.05) is 12.8 Å². The van der Waals surface area contributed by atoms with Gasteiger partial charge in [0.2, 0.25) is 0 Å². The summed E-state index contributed by atoms with van der Waals surface area (Å²) in [5.74, 6) is 0. The topological polar surface area (TPSA) is 57.5 Å². The fourth-order valence-electron chi connectivity index (χ4n) is 0.215. The molecule has 0 aromatic carbocycles. The standard InChI is InChI=1S/C3H7O2P.C3H9OP/c1-2-3-6(4)5;4-2-1-3-5/h2,6H,1,3H2,(H,4,5);4H,1-3,5H2. The summed E-state index contributed by atoms with van der Waals surface area (Å²) in [4.78, 5) is 8.03. The van der Waals surface area contributed by atoms with E-state index in [1.54, 1.807) is 0 Å². The number of allylic oxidation sites excluding steroid dienone is 1. The smallest absolute Gasteiger partial charge is 0.192 e. The molecule has 0 bridgehead atoms. The van der Waals surface area contributed by atoms with Crippen molar-refractivity contribution in [2.45, 2.75) is 6.42 Å². The van der Waals surface area contributed by atoms with E-state index in [9.17, 15) is 4.57 Å². The number of hydrogen-bond acceptors (Lipinski definition) is 2. The first-order chi connectivity index (χ1) is 5.18. The third kappa shape index (κ3) is 25.2. The summed E-state index contributed by atoms with van der Waals surface area (Å²) in [6.07, 6.45) is 3.59. The van der Waals surface area contributed by atoms with Gasteiger partial charge < -0.3 is 10.00 Å². The van der Waals surface area contributed by atoms with Crippen molar-refractivity contribution in [1.29, 1.82) is 0 Å². The maximum Gasteiger partial charge on any atom is 0.192 e. The van der Waals surface area contributed by atoms with Crippen LogP contribution in [0.5, 0.6) is 0 Å². The molecule has 68 valence electrons. The zero-order valence-corrected chi connectivity index (χ0v) is 8.65. The van der Waals surface area contributed by atoms with E-state index < -0.39 is 8.03 Å². The van der Waals surface area contributed by atoms with Gasteiger partial charge >= 0.3 is 0 Å². The normalized spacial score (nSPS) is 11.2. The van der Waals surface area contributed by atoms with Crippen LogP contribution in [0.15, 0.2) is 12.7 Å². The third-order valence-corrected chi connectivity index (χ3v) is 1.73. The predicted octanol–water partition coefficient (Wildman–Crippen LogP) is 0.883. The third-order valence-electron chi connectivity index (χ3n) is 0.681. The minimum absolute atomic E-state index is 0.241. The molecule has 0 aliphatic carbocycles. The molecule has 0 spiro atoms. The minimum Gasteiger partial charge on any atom is -0.396 e. The van der Waals surface area contributed by atoms with E-state index >= 15 is 0 Å². The van der Waals surface area contributed by atoms with Gasteiger partial charge in [-0.25, -0.2) is 0 Å². The summed E-state index contributed by atoms with van der Waals surface area (Å²) in [5.41, 5.74) is 0. The van der Waals surface area contributed by atoms with Crippen LogP contribution >= 0.6 is 17.3 Å². The molecular weight excluding hydrogens is 182 g/mol. The molecule has 2 atom stereocenters. The fraction of sp³-hybridized carbons (Fsp3) is 0.667. The molecule has 0 fully saturated rings. The van der Waals surface area contributed by atoms with Crippen LogP contribution < -0.4 is 0 Å².